The van der Waals surface area contributed by atoms with Crippen molar-refractivity contribution in [2.24, 2.45) is 10.9 Å². The summed E-state index contributed by atoms with van der Waals surface area (Å²) in [4.78, 5) is 11.9. The molecule has 19 heavy (non-hydrogen) atoms. The molecule has 1 fully saturated rings. The largest absolute Gasteiger partial charge is 0.324 e. The number of sulfonamides is 1. The zero-order valence-electron chi connectivity index (χ0n) is 10.9. The second-order valence-corrected chi connectivity index (χ2v) is 6.63. The number of nitrogens with one attached hydrogen (secondary N) is 1. The predicted molar refractivity (Wildman–Crippen MR) is 72.1 cm³/mol. The summed E-state index contributed by atoms with van der Waals surface area (Å²) in [5, 5.41) is 7.79. The number of benzene rings is 1. The number of anilines is 1. The molecule has 0 heterocycles. The van der Waals surface area contributed by atoms with Crippen LogP contribution in [0.4, 0.5) is 5.69 Å². The van der Waals surface area contributed by atoms with E-state index in [1.54, 1.807) is 13.8 Å². The minimum Gasteiger partial charge on any atom is -0.324 e. The van der Waals surface area contributed by atoms with Gasteiger partial charge in [0.25, 0.3) is 0 Å². The molecule has 0 aromatic heterocycles. The van der Waals surface area contributed by atoms with Gasteiger partial charge in [0, 0.05) is 5.69 Å². The van der Waals surface area contributed by atoms with Crippen molar-refractivity contribution in [3.05, 3.63) is 23.3 Å². The zero-order valence-corrected chi connectivity index (χ0v) is 11.7. The number of hydrogen-bond donors (Lipinski definition) is 3. The van der Waals surface area contributed by atoms with Crippen LogP contribution in [0.25, 0.3) is 0 Å². The van der Waals surface area contributed by atoms with Gasteiger partial charge in [-0.05, 0) is 49.9 Å². The average molecular weight is 283 g/mol. The Bertz CT molecular complexity index is 648. The molecule has 0 unspecified atom stereocenters. The molecule has 0 radical (unpaired) electrons. The molecule has 7 heteroatoms. The monoisotopic (exact) mass is 283 g/mol. The number of hydrogen-bond acceptors (Lipinski definition) is 4. The van der Waals surface area contributed by atoms with E-state index in [0.29, 0.717) is 18.5 Å². The highest BCUT2D eigenvalue weighted by molar-refractivity contribution is 7.89. The third-order valence-electron chi connectivity index (χ3n) is 3.46. The minimum atomic E-state index is -3.80. The van der Waals surface area contributed by atoms with E-state index >= 15 is 0 Å². The van der Waals surface area contributed by atoms with E-state index in [2.05, 4.69) is 5.32 Å². The molecule has 0 saturated heterocycles. The first kappa shape index (κ1) is 14.0. The van der Waals surface area contributed by atoms with Crippen LogP contribution in [-0.2, 0) is 14.8 Å². The van der Waals surface area contributed by atoms with Crippen LogP contribution in [0.5, 0.6) is 0 Å². The Morgan fingerprint density at radius 2 is 1.89 bits per heavy atom. The van der Waals surface area contributed by atoms with E-state index < -0.39 is 15.6 Å². The van der Waals surface area contributed by atoms with Crippen molar-refractivity contribution in [3.8, 4) is 0 Å². The van der Waals surface area contributed by atoms with Gasteiger partial charge in [0.1, 0.15) is 0 Å². The highest BCUT2D eigenvalue weighted by atomic mass is 32.2. The summed E-state index contributed by atoms with van der Waals surface area (Å²) in [7, 11) is -3.80. The van der Waals surface area contributed by atoms with Crippen molar-refractivity contribution in [1.29, 1.82) is 0 Å². The number of primary sulfonamides is 1. The quantitative estimate of drug-likeness (QED) is 0.743. The van der Waals surface area contributed by atoms with Gasteiger partial charge in [0.05, 0.1) is 10.4 Å². The second kappa shape index (κ2) is 4.29. The smallest absolute Gasteiger partial charge is 0.244 e. The molecule has 6 nitrogen and oxygen atoms in total. The highest BCUT2D eigenvalue weighted by Crippen LogP contribution is 2.34. The van der Waals surface area contributed by atoms with Crippen LogP contribution in [-0.4, -0.2) is 19.9 Å². The highest BCUT2D eigenvalue weighted by Gasteiger charge is 2.46. The van der Waals surface area contributed by atoms with E-state index in [0.717, 1.165) is 11.1 Å². The number of rotatable bonds is 3. The Hall–Kier alpha value is -1.44. The number of carbonyl (C=O) groups is 1. The molecule has 0 bridgehead atoms. The number of nitrogens with two attached hydrogens (primary N) is 2. The van der Waals surface area contributed by atoms with Crippen molar-refractivity contribution >= 4 is 21.6 Å². The van der Waals surface area contributed by atoms with E-state index in [9.17, 15) is 13.2 Å². The van der Waals surface area contributed by atoms with Gasteiger partial charge >= 0.3 is 0 Å². The standard InChI is InChI=1S/C12H17N3O3S/c1-7-5-9(19(14,17)18)6-10(8(7)2)15-11(16)12(13)3-4-12/h5-6H,3-4,13H2,1-2H3,(H,15,16)(H2,14,17,18). The maximum absolute atomic E-state index is 11.9. The normalized spacial score (nSPS) is 17.1. The molecular formula is C12H17N3O3S. The first-order chi connectivity index (χ1) is 8.63. The molecule has 1 aromatic carbocycles. The fraction of sp³-hybridized carbons (Fsp3) is 0.417. The lowest BCUT2D eigenvalue weighted by Crippen LogP contribution is -2.38. The Morgan fingerprint density at radius 1 is 1.32 bits per heavy atom. The van der Waals surface area contributed by atoms with Gasteiger partial charge in [-0.15, -0.1) is 0 Å². The second-order valence-electron chi connectivity index (χ2n) is 5.07. The van der Waals surface area contributed by atoms with Gasteiger partial charge in [-0.1, -0.05) is 0 Å². The first-order valence-electron chi connectivity index (χ1n) is 5.88. The lowest BCUT2D eigenvalue weighted by atomic mass is 10.1. The zero-order chi connectivity index (χ0) is 14.4. The molecule has 1 aliphatic rings. The molecule has 104 valence electrons. The van der Waals surface area contributed by atoms with Gasteiger partial charge in [0.15, 0.2) is 0 Å². The maximum atomic E-state index is 11.9. The van der Waals surface area contributed by atoms with E-state index in [-0.39, 0.29) is 10.8 Å². The minimum absolute atomic E-state index is 0.0206. The van der Waals surface area contributed by atoms with Gasteiger partial charge in [-0.25, -0.2) is 13.6 Å². The molecule has 1 aliphatic carbocycles. The molecule has 1 amide bonds. The summed E-state index contributed by atoms with van der Waals surface area (Å²) in [6, 6.07) is 2.84. The molecular weight excluding hydrogens is 266 g/mol. The lowest BCUT2D eigenvalue weighted by molar-refractivity contribution is -0.118. The number of carbonyl (C=O) groups excluding carboxylic acids is 1. The van der Waals surface area contributed by atoms with Gasteiger partial charge in [-0.3, -0.25) is 4.79 Å². The van der Waals surface area contributed by atoms with Gasteiger partial charge < -0.3 is 11.1 Å². The van der Waals surface area contributed by atoms with Crippen LogP contribution >= 0.6 is 0 Å². The van der Waals surface area contributed by atoms with Gasteiger partial charge in [0.2, 0.25) is 15.9 Å². The summed E-state index contributed by atoms with van der Waals surface area (Å²) >= 11 is 0. The molecule has 0 atom stereocenters. The van der Waals surface area contributed by atoms with Crippen LogP contribution in [0, 0.1) is 13.8 Å². The fourth-order valence-corrected chi connectivity index (χ4v) is 2.35. The summed E-state index contributed by atoms with van der Waals surface area (Å²) in [5.74, 6) is -0.290. The van der Waals surface area contributed by atoms with Crippen molar-refractivity contribution in [3.63, 3.8) is 0 Å². The Labute approximate surface area is 112 Å². The lowest BCUT2D eigenvalue weighted by Gasteiger charge is -2.15. The van der Waals surface area contributed by atoms with Crippen molar-refractivity contribution < 1.29 is 13.2 Å². The van der Waals surface area contributed by atoms with Crippen LogP contribution in [0.2, 0.25) is 0 Å². The van der Waals surface area contributed by atoms with Gasteiger partial charge in [-0.2, -0.15) is 0 Å². The van der Waals surface area contributed by atoms with Crippen LogP contribution in [0.1, 0.15) is 24.0 Å². The SMILES string of the molecule is Cc1cc(S(N)(=O)=O)cc(NC(=O)C2(N)CC2)c1C. The molecule has 0 spiro atoms. The van der Waals surface area contributed by atoms with Crippen molar-refractivity contribution in [2.75, 3.05) is 5.32 Å². The van der Waals surface area contributed by atoms with Crippen LogP contribution < -0.4 is 16.2 Å². The Morgan fingerprint density at radius 3 is 2.37 bits per heavy atom. The van der Waals surface area contributed by atoms with E-state index in [4.69, 9.17) is 10.9 Å². The predicted octanol–water partition coefficient (Wildman–Crippen LogP) is 0.381. The maximum Gasteiger partial charge on any atom is 0.244 e. The molecule has 5 N–H and O–H groups in total. The fourth-order valence-electron chi connectivity index (χ4n) is 1.73. The summed E-state index contributed by atoms with van der Waals surface area (Å²) in [6.45, 7) is 3.56. The first-order valence-corrected chi connectivity index (χ1v) is 7.42. The Kier molecular flexibility index (Phi) is 3.16. The summed E-state index contributed by atoms with van der Waals surface area (Å²) in [5.41, 5.74) is 6.96. The summed E-state index contributed by atoms with van der Waals surface area (Å²) < 4.78 is 22.8. The van der Waals surface area contributed by atoms with E-state index in [1.165, 1.54) is 12.1 Å². The molecule has 1 saturated carbocycles. The molecule has 2 rings (SSSR count). The average Bonchev–Trinajstić information content (AvgIpc) is 3.02. The Balaban J connectivity index is 2.39. The third kappa shape index (κ3) is 2.78. The number of amides is 1. The van der Waals surface area contributed by atoms with Crippen LogP contribution in [0.15, 0.2) is 17.0 Å². The van der Waals surface area contributed by atoms with Crippen LogP contribution in [0.3, 0.4) is 0 Å². The molecule has 1 aromatic rings. The topological polar surface area (TPSA) is 115 Å². The number of aryl methyl sites for hydroxylation is 1. The van der Waals surface area contributed by atoms with E-state index in [1.807, 2.05) is 0 Å². The van der Waals surface area contributed by atoms with Crippen molar-refractivity contribution in [1.82, 2.24) is 0 Å². The van der Waals surface area contributed by atoms with Crippen molar-refractivity contribution in [2.45, 2.75) is 37.1 Å². The third-order valence-corrected chi connectivity index (χ3v) is 4.35. The molecule has 0 aliphatic heterocycles. The summed E-state index contributed by atoms with van der Waals surface area (Å²) in [6.07, 6.45) is 1.29.